The molecule has 0 bridgehead atoms. The summed E-state index contributed by atoms with van der Waals surface area (Å²) >= 11 is 0. The fraction of sp³-hybridized carbons (Fsp3) is 0.344. The number of aromatic nitrogens is 1. The molecule has 1 aliphatic heterocycles. The summed E-state index contributed by atoms with van der Waals surface area (Å²) in [7, 11) is 0. The molecular weight excluding hydrogens is 458 g/mol. The molecule has 1 fully saturated rings. The third-order valence-corrected chi connectivity index (χ3v) is 7.53. The zero-order valence-corrected chi connectivity index (χ0v) is 22.0. The van der Waals surface area contributed by atoms with Gasteiger partial charge in [0.05, 0.1) is 6.61 Å². The third kappa shape index (κ3) is 6.05. The maximum Gasteiger partial charge on any atom is 0.223 e. The first kappa shape index (κ1) is 25.1. The molecule has 5 nitrogen and oxygen atoms in total. The second kappa shape index (κ2) is 11.7. The van der Waals surface area contributed by atoms with E-state index in [-0.39, 0.29) is 11.8 Å². The summed E-state index contributed by atoms with van der Waals surface area (Å²) in [5, 5.41) is 4.43. The smallest absolute Gasteiger partial charge is 0.223 e. The van der Waals surface area contributed by atoms with Crippen LogP contribution in [0.3, 0.4) is 0 Å². The molecule has 0 radical (unpaired) electrons. The Balaban J connectivity index is 1.19. The zero-order chi connectivity index (χ0) is 25.6. The SMILES string of the molecule is CCOc1ccc(CNC(=O)C2CCN(Cc3cc4ccccc4n3Cc3ccccc3C)CC2)cc1. The minimum absolute atomic E-state index is 0.0803. The highest BCUT2D eigenvalue weighted by atomic mass is 16.5. The largest absolute Gasteiger partial charge is 0.494 e. The fourth-order valence-electron chi connectivity index (χ4n) is 5.33. The Hall–Kier alpha value is -3.57. The van der Waals surface area contributed by atoms with Gasteiger partial charge in [-0.25, -0.2) is 0 Å². The number of hydrogen-bond acceptors (Lipinski definition) is 3. The molecule has 0 aliphatic carbocycles. The van der Waals surface area contributed by atoms with Crippen molar-refractivity contribution in [2.24, 2.45) is 5.92 Å². The molecule has 1 aromatic heterocycles. The van der Waals surface area contributed by atoms with Crippen molar-refractivity contribution in [3.05, 3.63) is 101 Å². The molecule has 1 saturated heterocycles. The van der Waals surface area contributed by atoms with Crippen LogP contribution in [0.1, 0.15) is 42.1 Å². The summed E-state index contributed by atoms with van der Waals surface area (Å²) < 4.78 is 7.97. The number of para-hydroxylation sites is 1. The van der Waals surface area contributed by atoms with E-state index < -0.39 is 0 Å². The van der Waals surface area contributed by atoms with Crippen LogP contribution >= 0.6 is 0 Å². The van der Waals surface area contributed by atoms with Gasteiger partial charge in [-0.15, -0.1) is 0 Å². The summed E-state index contributed by atoms with van der Waals surface area (Å²) in [4.78, 5) is 15.4. The fourth-order valence-corrected chi connectivity index (χ4v) is 5.33. The van der Waals surface area contributed by atoms with E-state index in [4.69, 9.17) is 4.74 Å². The molecule has 0 spiro atoms. The number of benzene rings is 3. The molecule has 2 heterocycles. The third-order valence-electron chi connectivity index (χ3n) is 7.53. The van der Waals surface area contributed by atoms with Crippen LogP contribution in [0.15, 0.2) is 78.9 Å². The van der Waals surface area contributed by atoms with Crippen LogP contribution in [0.4, 0.5) is 0 Å². The Morgan fingerprint density at radius 2 is 1.68 bits per heavy atom. The summed E-state index contributed by atoms with van der Waals surface area (Å²) in [6.45, 7) is 9.03. The number of piperidine rings is 1. The lowest BCUT2D eigenvalue weighted by atomic mass is 9.95. The van der Waals surface area contributed by atoms with Crippen molar-refractivity contribution in [1.29, 1.82) is 0 Å². The number of likely N-dealkylation sites (tertiary alicyclic amines) is 1. The maximum absolute atomic E-state index is 12.9. The lowest BCUT2D eigenvalue weighted by molar-refractivity contribution is -0.126. The van der Waals surface area contributed by atoms with Crippen molar-refractivity contribution >= 4 is 16.8 Å². The first-order valence-corrected chi connectivity index (χ1v) is 13.4. The van der Waals surface area contributed by atoms with Crippen LogP contribution < -0.4 is 10.1 Å². The number of carbonyl (C=O) groups is 1. The van der Waals surface area contributed by atoms with Gasteiger partial charge in [0.15, 0.2) is 0 Å². The predicted octanol–water partition coefficient (Wildman–Crippen LogP) is 5.93. The summed E-state index contributed by atoms with van der Waals surface area (Å²) in [6.07, 6.45) is 1.79. The van der Waals surface area contributed by atoms with Gasteiger partial charge in [-0.05, 0) is 86.1 Å². The zero-order valence-electron chi connectivity index (χ0n) is 22.0. The molecule has 4 aromatic rings. The number of rotatable bonds is 9. The van der Waals surface area contributed by atoms with Gasteiger partial charge in [0.1, 0.15) is 5.75 Å². The van der Waals surface area contributed by atoms with Crippen LogP contribution in [0, 0.1) is 12.8 Å². The highest BCUT2D eigenvalue weighted by molar-refractivity contribution is 5.81. The van der Waals surface area contributed by atoms with Gasteiger partial charge in [0.25, 0.3) is 0 Å². The van der Waals surface area contributed by atoms with Gasteiger partial charge < -0.3 is 14.6 Å². The Bertz CT molecular complexity index is 1330. The Morgan fingerprint density at radius 1 is 0.946 bits per heavy atom. The van der Waals surface area contributed by atoms with Crippen LogP contribution in [0.25, 0.3) is 10.9 Å². The summed E-state index contributed by atoms with van der Waals surface area (Å²) in [5.41, 5.74) is 6.39. The van der Waals surface area contributed by atoms with Crippen molar-refractivity contribution < 1.29 is 9.53 Å². The molecule has 3 aromatic carbocycles. The van der Waals surface area contributed by atoms with E-state index in [9.17, 15) is 4.79 Å². The molecule has 192 valence electrons. The van der Waals surface area contributed by atoms with Crippen molar-refractivity contribution in [2.75, 3.05) is 19.7 Å². The lowest BCUT2D eigenvalue weighted by Crippen LogP contribution is -2.40. The monoisotopic (exact) mass is 495 g/mol. The summed E-state index contributed by atoms with van der Waals surface area (Å²) in [6, 6.07) is 27.6. The highest BCUT2D eigenvalue weighted by Gasteiger charge is 2.25. The number of fused-ring (bicyclic) bond motifs is 1. The number of hydrogen-bond donors (Lipinski definition) is 1. The van der Waals surface area contributed by atoms with Crippen molar-refractivity contribution in [1.82, 2.24) is 14.8 Å². The second-order valence-corrected chi connectivity index (χ2v) is 10.1. The number of amides is 1. The van der Waals surface area contributed by atoms with Crippen LogP contribution in [-0.4, -0.2) is 35.1 Å². The quantitative estimate of drug-likeness (QED) is 0.313. The van der Waals surface area contributed by atoms with E-state index in [1.807, 2.05) is 31.2 Å². The van der Waals surface area contributed by atoms with E-state index in [1.165, 1.54) is 27.7 Å². The van der Waals surface area contributed by atoms with E-state index in [2.05, 4.69) is 76.3 Å². The molecule has 37 heavy (non-hydrogen) atoms. The normalized spacial score (nSPS) is 14.6. The number of carbonyl (C=O) groups excluding carboxylic acids is 1. The van der Waals surface area contributed by atoms with Crippen LogP contribution in [0.2, 0.25) is 0 Å². The number of nitrogens with zero attached hydrogens (tertiary/aromatic N) is 2. The molecule has 0 atom stereocenters. The van der Waals surface area contributed by atoms with Gasteiger partial charge in [0, 0.05) is 36.8 Å². The number of nitrogens with one attached hydrogen (secondary N) is 1. The van der Waals surface area contributed by atoms with E-state index in [1.54, 1.807) is 0 Å². The lowest BCUT2D eigenvalue weighted by Gasteiger charge is -2.31. The van der Waals surface area contributed by atoms with E-state index in [0.29, 0.717) is 13.2 Å². The number of ether oxygens (including phenoxy) is 1. The molecule has 1 N–H and O–H groups in total. The van der Waals surface area contributed by atoms with Crippen molar-refractivity contribution in [3.63, 3.8) is 0 Å². The van der Waals surface area contributed by atoms with Gasteiger partial charge in [-0.2, -0.15) is 0 Å². The molecule has 5 heteroatoms. The average Bonchev–Trinajstić information content (AvgIpc) is 3.26. The van der Waals surface area contributed by atoms with Crippen LogP contribution in [-0.2, 0) is 24.4 Å². The standard InChI is InChI=1S/C32H37N3O2/c1-3-37-30-14-12-25(13-15-30)21-33-32(36)26-16-18-34(19-17-26)23-29-20-27-9-6-7-11-31(27)35(29)22-28-10-5-4-8-24(28)2/h4-15,20,26H,3,16-19,21-23H2,1-2H3,(H,33,36). The molecule has 1 amide bonds. The Labute approximate surface area is 220 Å². The topological polar surface area (TPSA) is 46.5 Å². The molecule has 0 unspecified atom stereocenters. The van der Waals surface area contributed by atoms with Crippen LogP contribution in [0.5, 0.6) is 5.75 Å². The first-order chi connectivity index (χ1) is 18.1. The second-order valence-electron chi connectivity index (χ2n) is 10.1. The van der Waals surface area contributed by atoms with Gasteiger partial charge in [-0.1, -0.05) is 54.6 Å². The van der Waals surface area contributed by atoms with Crippen molar-refractivity contribution in [3.8, 4) is 5.75 Å². The highest BCUT2D eigenvalue weighted by Crippen LogP contribution is 2.26. The summed E-state index contributed by atoms with van der Waals surface area (Å²) in [5.74, 6) is 1.11. The molecule has 5 rings (SSSR count). The first-order valence-electron chi connectivity index (χ1n) is 13.4. The maximum atomic E-state index is 12.9. The van der Waals surface area contributed by atoms with Gasteiger partial charge in [-0.3, -0.25) is 9.69 Å². The average molecular weight is 496 g/mol. The molecule has 0 saturated carbocycles. The van der Waals surface area contributed by atoms with E-state index >= 15 is 0 Å². The number of aryl methyl sites for hydroxylation is 1. The van der Waals surface area contributed by atoms with E-state index in [0.717, 1.165) is 50.3 Å². The van der Waals surface area contributed by atoms with Gasteiger partial charge >= 0.3 is 0 Å². The minimum Gasteiger partial charge on any atom is -0.494 e. The molecular formula is C32H37N3O2. The Morgan fingerprint density at radius 3 is 2.43 bits per heavy atom. The van der Waals surface area contributed by atoms with Crippen molar-refractivity contribution in [2.45, 2.75) is 46.3 Å². The predicted molar refractivity (Wildman–Crippen MR) is 150 cm³/mol. The Kier molecular flexibility index (Phi) is 7.90. The molecule has 1 aliphatic rings. The van der Waals surface area contributed by atoms with Gasteiger partial charge in [0.2, 0.25) is 5.91 Å². The minimum atomic E-state index is 0.0803.